The molecular weight excluding hydrogens is 328 g/mol. The monoisotopic (exact) mass is 362 g/mol. The lowest BCUT2D eigenvalue weighted by Crippen LogP contribution is -2.35. The fourth-order valence-corrected chi connectivity index (χ4v) is 5.71. The van der Waals surface area contributed by atoms with Crippen LogP contribution < -0.4 is 11.5 Å². The Kier molecular flexibility index (Phi) is 5.16. The number of benzene rings is 2. The van der Waals surface area contributed by atoms with Crippen LogP contribution in [0.1, 0.15) is 69.4 Å². The van der Waals surface area contributed by atoms with Crippen molar-refractivity contribution in [2.24, 2.45) is 17.8 Å². The van der Waals surface area contributed by atoms with Gasteiger partial charge in [0.05, 0.1) is 0 Å². The number of nitrogen functional groups attached to an aromatic ring is 2. The van der Waals surface area contributed by atoms with Crippen molar-refractivity contribution in [1.82, 2.24) is 0 Å². The summed E-state index contributed by atoms with van der Waals surface area (Å²) in [6, 6.07) is 17.2. The minimum absolute atomic E-state index is 0.111. The van der Waals surface area contributed by atoms with E-state index >= 15 is 0 Å². The molecule has 4 N–H and O–H groups in total. The summed E-state index contributed by atoms with van der Waals surface area (Å²) in [6.45, 7) is 2.42. The molecule has 0 aromatic heterocycles. The molecule has 2 aromatic carbocycles. The zero-order valence-electron chi connectivity index (χ0n) is 16.7. The smallest absolute Gasteiger partial charge is 0.0314 e. The van der Waals surface area contributed by atoms with Crippen LogP contribution in [0.2, 0.25) is 0 Å². The van der Waals surface area contributed by atoms with Gasteiger partial charge in [0.15, 0.2) is 0 Å². The summed E-state index contributed by atoms with van der Waals surface area (Å²) in [4.78, 5) is 0. The van der Waals surface area contributed by atoms with Gasteiger partial charge < -0.3 is 11.5 Å². The van der Waals surface area contributed by atoms with E-state index in [0.29, 0.717) is 0 Å². The standard InChI is InChI=1S/C25H34N2/c1-18-2-4-19(5-3-18)20-14-16-25(17-15-20,21-6-10-23(26)11-7-21)22-8-12-24(27)13-9-22/h6-13,18-20H,2-5,14-17,26-27H2,1H3/t18-,19-. The van der Waals surface area contributed by atoms with Gasteiger partial charge in [-0.05, 0) is 91.7 Å². The summed E-state index contributed by atoms with van der Waals surface area (Å²) in [5.41, 5.74) is 16.6. The highest BCUT2D eigenvalue weighted by atomic mass is 14.6. The summed E-state index contributed by atoms with van der Waals surface area (Å²) in [7, 11) is 0. The van der Waals surface area contributed by atoms with E-state index in [0.717, 1.165) is 29.1 Å². The molecule has 2 heteroatoms. The minimum Gasteiger partial charge on any atom is -0.399 e. The third-order valence-corrected chi connectivity index (χ3v) is 7.54. The van der Waals surface area contributed by atoms with Crippen molar-refractivity contribution >= 4 is 11.4 Å². The van der Waals surface area contributed by atoms with Gasteiger partial charge in [-0.25, -0.2) is 0 Å². The number of rotatable bonds is 3. The Labute approximate surface area is 164 Å². The van der Waals surface area contributed by atoms with Gasteiger partial charge in [0, 0.05) is 16.8 Å². The van der Waals surface area contributed by atoms with Gasteiger partial charge in [-0.2, -0.15) is 0 Å². The van der Waals surface area contributed by atoms with Crippen molar-refractivity contribution in [3.05, 3.63) is 59.7 Å². The first-order valence-electron chi connectivity index (χ1n) is 10.8. The number of anilines is 2. The quantitative estimate of drug-likeness (QED) is 0.643. The van der Waals surface area contributed by atoms with E-state index in [2.05, 4.69) is 55.5 Å². The number of hydrogen-bond donors (Lipinski definition) is 2. The van der Waals surface area contributed by atoms with Crippen LogP contribution in [0.15, 0.2) is 48.5 Å². The van der Waals surface area contributed by atoms with Crippen molar-refractivity contribution < 1.29 is 0 Å². The zero-order chi connectivity index (χ0) is 18.9. The highest BCUT2D eigenvalue weighted by Crippen LogP contribution is 2.50. The predicted molar refractivity (Wildman–Crippen MR) is 116 cm³/mol. The molecule has 2 fully saturated rings. The molecule has 0 bridgehead atoms. The zero-order valence-corrected chi connectivity index (χ0v) is 16.7. The lowest BCUT2D eigenvalue weighted by Gasteiger charge is -2.44. The summed E-state index contributed by atoms with van der Waals surface area (Å²) >= 11 is 0. The van der Waals surface area contributed by atoms with Crippen molar-refractivity contribution in [2.45, 2.75) is 63.7 Å². The molecule has 0 radical (unpaired) electrons. The van der Waals surface area contributed by atoms with Crippen molar-refractivity contribution in [1.29, 1.82) is 0 Å². The van der Waals surface area contributed by atoms with Crippen LogP contribution in [0.3, 0.4) is 0 Å². The second kappa shape index (κ2) is 7.58. The minimum atomic E-state index is 0.111. The van der Waals surface area contributed by atoms with Gasteiger partial charge in [0.1, 0.15) is 0 Å². The fourth-order valence-electron chi connectivity index (χ4n) is 5.71. The molecule has 27 heavy (non-hydrogen) atoms. The van der Waals surface area contributed by atoms with Gasteiger partial charge in [0.2, 0.25) is 0 Å². The topological polar surface area (TPSA) is 52.0 Å². The summed E-state index contributed by atoms with van der Waals surface area (Å²) < 4.78 is 0. The van der Waals surface area contributed by atoms with Gasteiger partial charge in [-0.15, -0.1) is 0 Å². The first kappa shape index (κ1) is 18.4. The maximum absolute atomic E-state index is 5.97. The van der Waals surface area contributed by atoms with Crippen LogP contribution in [0.4, 0.5) is 11.4 Å². The number of nitrogens with two attached hydrogens (primary N) is 2. The highest BCUT2D eigenvalue weighted by Gasteiger charge is 2.40. The maximum Gasteiger partial charge on any atom is 0.0314 e. The summed E-state index contributed by atoms with van der Waals surface area (Å²) in [6.07, 6.45) is 10.9. The van der Waals surface area contributed by atoms with E-state index in [9.17, 15) is 0 Å². The molecule has 144 valence electrons. The molecule has 2 nitrogen and oxygen atoms in total. The van der Waals surface area contributed by atoms with E-state index in [1.54, 1.807) is 0 Å². The average molecular weight is 363 g/mol. The molecule has 0 unspecified atom stereocenters. The lowest BCUT2D eigenvalue weighted by molar-refractivity contribution is 0.147. The molecule has 0 heterocycles. The summed E-state index contributed by atoms with van der Waals surface area (Å²) in [5, 5.41) is 0. The maximum atomic E-state index is 5.97. The molecule has 4 rings (SSSR count). The Morgan fingerprint density at radius 1 is 0.630 bits per heavy atom. The Morgan fingerprint density at radius 2 is 1.04 bits per heavy atom. The van der Waals surface area contributed by atoms with E-state index in [1.165, 1.54) is 62.5 Å². The van der Waals surface area contributed by atoms with Crippen LogP contribution in [-0.4, -0.2) is 0 Å². The molecular formula is C25H34N2. The predicted octanol–water partition coefficient (Wildman–Crippen LogP) is 6.15. The van der Waals surface area contributed by atoms with Crippen LogP contribution >= 0.6 is 0 Å². The molecule has 0 aliphatic heterocycles. The van der Waals surface area contributed by atoms with Gasteiger partial charge >= 0.3 is 0 Å². The number of hydrogen-bond acceptors (Lipinski definition) is 2. The molecule has 0 saturated heterocycles. The van der Waals surface area contributed by atoms with Crippen LogP contribution in [0.5, 0.6) is 0 Å². The van der Waals surface area contributed by atoms with Crippen LogP contribution in [0, 0.1) is 17.8 Å². The third-order valence-electron chi connectivity index (χ3n) is 7.54. The highest BCUT2D eigenvalue weighted by molar-refractivity contribution is 5.49. The van der Waals surface area contributed by atoms with E-state index in [-0.39, 0.29) is 5.41 Å². The van der Waals surface area contributed by atoms with E-state index in [4.69, 9.17) is 11.5 Å². The molecule has 0 amide bonds. The molecule has 2 saturated carbocycles. The largest absolute Gasteiger partial charge is 0.399 e. The Bertz CT molecular complexity index is 683. The van der Waals surface area contributed by atoms with E-state index in [1.807, 2.05) is 0 Å². The third kappa shape index (κ3) is 3.72. The normalized spacial score (nSPS) is 26.0. The second-order valence-electron chi connectivity index (χ2n) is 9.18. The Hall–Kier alpha value is -1.96. The summed E-state index contributed by atoms with van der Waals surface area (Å²) in [5.74, 6) is 2.80. The van der Waals surface area contributed by atoms with Crippen molar-refractivity contribution in [3.63, 3.8) is 0 Å². The first-order valence-corrected chi connectivity index (χ1v) is 10.8. The molecule has 0 spiro atoms. The first-order chi connectivity index (χ1) is 13.1. The van der Waals surface area contributed by atoms with Crippen molar-refractivity contribution in [3.8, 4) is 0 Å². The molecule has 2 aromatic rings. The van der Waals surface area contributed by atoms with Crippen LogP contribution in [-0.2, 0) is 5.41 Å². The van der Waals surface area contributed by atoms with Gasteiger partial charge in [-0.1, -0.05) is 44.0 Å². The van der Waals surface area contributed by atoms with Gasteiger partial charge in [0.25, 0.3) is 0 Å². The Morgan fingerprint density at radius 3 is 1.48 bits per heavy atom. The fraction of sp³-hybridized carbons (Fsp3) is 0.520. The molecule has 2 aliphatic carbocycles. The van der Waals surface area contributed by atoms with Gasteiger partial charge in [-0.3, -0.25) is 0 Å². The molecule has 2 aliphatic rings. The Balaban J connectivity index is 1.59. The lowest BCUT2D eigenvalue weighted by atomic mass is 9.60. The van der Waals surface area contributed by atoms with E-state index < -0.39 is 0 Å². The van der Waals surface area contributed by atoms with Crippen LogP contribution in [0.25, 0.3) is 0 Å². The SMILES string of the molecule is C[C@H]1CC[C@H](C2CCC(c3ccc(N)cc3)(c3ccc(N)cc3)CC2)CC1. The second-order valence-corrected chi connectivity index (χ2v) is 9.18. The average Bonchev–Trinajstić information content (AvgIpc) is 2.70. The van der Waals surface area contributed by atoms with Crippen molar-refractivity contribution in [2.75, 3.05) is 11.5 Å². The molecule has 0 atom stereocenters.